The number of primary amides is 1. The SMILES string of the molecule is CPC(N)=O. The smallest absolute Gasteiger partial charge is 0.235 e. The Morgan fingerprint density at radius 3 is 2.20 bits per heavy atom. The second kappa shape index (κ2) is 2.16. The first kappa shape index (κ1) is 4.90. The Bertz CT molecular complexity index is 44.9. The first-order valence-electron chi connectivity index (χ1n) is 1.24. The lowest BCUT2D eigenvalue weighted by atomic mass is 11.5. The highest BCUT2D eigenvalue weighted by molar-refractivity contribution is 7.56. The van der Waals surface area contributed by atoms with Gasteiger partial charge in [0.2, 0.25) is 5.65 Å². The molecular formula is C2H6NOP. The summed E-state index contributed by atoms with van der Waals surface area (Å²) >= 11 is 0. The summed E-state index contributed by atoms with van der Waals surface area (Å²) in [6.07, 6.45) is 0. The molecule has 0 aliphatic rings. The molecule has 0 aliphatic carbocycles. The van der Waals surface area contributed by atoms with Crippen LogP contribution in [0.25, 0.3) is 0 Å². The average Bonchev–Trinajstić information content (AvgIpc) is 1.38. The van der Waals surface area contributed by atoms with Crippen LogP contribution in [0, 0.1) is 0 Å². The van der Waals surface area contributed by atoms with Gasteiger partial charge in [0.1, 0.15) is 0 Å². The van der Waals surface area contributed by atoms with E-state index in [-0.39, 0.29) is 14.2 Å². The second-order valence-corrected chi connectivity index (χ2v) is 1.61. The Hall–Kier alpha value is -0.100. The molecule has 0 rings (SSSR count). The van der Waals surface area contributed by atoms with E-state index >= 15 is 0 Å². The summed E-state index contributed by atoms with van der Waals surface area (Å²) < 4.78 is 0. The molecule has 0 aromatic rings. The third-order valence-corrected chi connectivity index (χ3v) is 0.739. The van der Waals surface area contributed by atoms with Gasteiger partial charge in [-0.15, -0.1) is 0 Å². The summed E-state index contributed by atoms with van der Waals surface area (Å²) in [6, 6.07) is 0. The van der Waals surface area contributed by atoms with Gasteiger partial charge in [-0.25, -0.2) is 0 Å². The zero-order valence-corrected chi connectivity index (χ0v) is 3.99. The van der Waals surface area contributed by atoms with Crippen LogP contribution < -0.4 is 5.73 Å². The van der Waals surface area contributed by atoms with Crippen LogP contribution in [0.15, 0.2) is 0 Å². The highest BCUT2D eigenvalue weighted by Gasteiger charge is 1.76. The van der Waals surface area contributed by atoms with Gasteiger partial charge < -0.3 is 5.73 Å². The van der Waals surface area contributed by atoms with E-state index in [0.717, 1.165) is 0 Å². The number of hydrogen-bond acceptors (Lipinski definition) is 1. The second-order valence-electron chi connectivity index (χ2n) is 0.614. The van der Waals surface area contributed by atoms with E-state index in [9.17, 15) is 4.79 Å². The molecule has 0 aliphatic heterocycles. The summed E-state index contributed by atoms with van der Waals surface area (Å²) in [5, 5.41) is 0. The third-order valence-electron chi connectivity index (χ3n) is 0.246. The largest absolute Gasteiger partial charge is 0.366 e. The number of hydrogen-bond donors (Lipinski definition) is 1. The van der Waals surface area contributed by atoms with Crippen LogP contribution in [0.5, 0.6) is 0 Å². The van der Waals surface area contributed by atoms with Crippen molar-refractivity contribution in [3.63, 3.8) is 0 Å². The lowest BCUT2D eigenvalue weighted by Gasteiger charge is -1.73. The molecule has 0 saturated heterocycles. The van der Waals surface area contributed by atoms with E-state index in [2.05, 4.69) is 5.73 Å². The molecule has 0 spiro atoms. The van der Waals surface area contributed by atoms with Crippen LogP contribution in [0.4, 0.5) is 4.79 Å². The van der Waals surface area contributed by atoms with Crippen molar-refractivity contribution in [1.82, 2.24) is 0 Å². The minimum absolute atomic E-state index is 0.218. The van der Waals surface area contributed by atoms with Crippen molar-refractivity contribution >= 4 is 14.2 Å². The highest BCUT2D eigenvalue weighted by atomic mass is 31.1. The van der Waals surface area contributed by atoms with E-state index in [1.165, 1.54) is 0 Å². The van der Waals surface area contributed by atoms with Gasteiger partial charge in [-0.3, -0.25) is 4.79 Å². The highest BCUT2D eigenvalue weighted by Crippen LogP contribution is 1.96. The van der Waals surface area contributed by atoms with Gasteiger partial charge in [0.15, 0.2) is 0 Å². The molecule has 1 unspecified atom stereocenters. The Morgan fingerprint density at radius 2 is 2.20 bits per heavy atom. The van der Waals surface area contributed by atoms with Crippen LogP contribution in [0.2, 0.25) is 0 Å². The van der Waals surface area contributed by atoms with Crippen LogP contribution in [0.3, 0.4) is 0 Å². The summed E-state index contributed by atoms with van der Waals surface area (Å²) in [5.74, 6) is 0. The molecule has 5 heavy (non-hydrogen) atoms. The normalized spacial score (nSPS) is 9.80. The minimum Gasteiger partial charge on any atom is -0.366 e. The van der Waals surface area contributed by atoms with Gasteiger partial charge >= 0.3 is 0 Å². The van der Waals surface area contributed by atoms with E-state index in [4.69, 9.17) is 0 Å². The molecule has 1 atom stereocenters. The van der Waals surface area contributed by atoms with E-state index in [0.29, 0.717) is 0 Å². The lowest BCUT2D eigenvalue weighted by Crippen LogP contribution is -1.97. The summed E-state index contributed by atoms with van der Waals surface area (Å²) in [5.41, 5.74) is 4.45. The molecule has 2 N–H and O–H groups in total. The predicted octanol–water partition coefficient (Wildman–Crippen LogP) is 0.373. The Kier molecular flexibility index (Phi) is 2.11. The maximum atomic E-state index is 9.60. The molecule has 1 amide bonds. The third kappa shape index (κ3) is 3.90. The first-order chi connectivity index (χ1) is 2.27. The molecule has 0 bridgehead atoms. The molecule has 0 fully saturated rings. The molecule has 0 aromatic carbocycles. The maximum Gasteiger partial charge on any atom is 0.235 e. The van der Waals surface area contributed by atoms with Gasteiger partial charge in [0.05, 0.1) is 0 Å². The molecule has 30 valence electrons. The number of nitrogens with two attached hydrogens (primary N) is 1. The summed E-state index contributed by atoms with van der Waals surface area (Å²) in [4.78, 5) is 9.60. The fraction of sp³-hybridized carbons (Fsp3) is 0.500. The van der Waals surface area contributed by atoms with Crippen LogP contribution in [-0.4, -0.2) is 12.3 Å². The minimum atomic E-state index is -0.218. The molecule has 0 heterocycles. The fourth-order valence-corrected chi connectivity index (χ4v) is 0. The first-order valence-corrected chi connectivity index (χ1v) is 2.74. The van der Waals surface area contributed by atoms with Gasteiger partial charge in [-0.05, 0) is 15.2 Å². The van der Waals surface area contributed by atoms with Crippen molar-refractivity contribution in [3.05, 3.63) is 0 Å². The zero-order chi connectivity index (χ0) is 4.28. The van der Waals surface area contributed by atoms with Crippen molar-refractivity contribution < 1.29 is 4.79 Å². The number of carbonyl (C=O) groups is 1. The average molecular weight is 91.1 g/mol. The Labute approximate surface area is 32.5 Å². The van der Waals surface area contributed by atoms with Crippen LogP contribution >= 0.6 is 8.58 Å². The standard InChI is InChI=1S/C2H6NOP/c1-5-2(3)4/h5H,1H3,(H2,3,4). The van der Waals surface area contributed by atoms with Crippen LogP contribution in [0.1, 0.15) is 0 Å². The molecule has 3 heteroatoms. The maximum absolute atomic E-state index is 9.60. The fourth-order valence-electron chi connectivity index (χ4n) is 0. The topological polar surface area (TPSA) is 43.1 Å². The lowest BCUT2D eigenvalue weighted by molar-refractivity contribution is 0.267. The van der Waals surface area contributed by atoms with Gasteiger partial charge in [-0.1, -0.05) is 0 Å². The summed E-state index contributed by atoms with van der Waals surface area (Å²) in [6.45, 7) is 1.75. The van der Waals surface area contributed by atoms with Crippen molar-refractivity contribution in [2.24, 2.45) is 5.73 Å². The number of carbonyl (C=O) groups excluding carboxylic acids is 1. The van der Waals surface area contributed by atoms with Gasteiger partial charge in [0, 0.05) is 0 Å². The Morgan fingerprint density at radius 1 is 2.00 bits per heavy atom. The predicted molar refractivity (Wildman–Crippen MR) is 23.8 cm³/mol. The van der Waals surface area contributed by atoms with Crippen LogP contribution in [-0.2, 0) is 0 Å². The van der Waals surface area contributed by atoms with E-state index < -0.39 is 0 Å². The van der Waals surface area contributed by atoms with E-state index in [1.54, 1.807) is 6.66 Å². The molecule has 0 saturated carbocycles. The van der Waals surface area contributed by atoms with E-state index in [1.807, 2.05) is 0 Å². The van der Waals surface area contributed by atoms with Crippen molar-refractivity contribution in [1.29, 1.82) is 0 Å². The van der Waals surface area contributed by atoms with Crippen molar-refractivity contribution in [2.75, 3.05) is 6.66 Å². The summed E-state index contributed by atoms with van der Waals surface area (Å²) in [7, 11) is 0.253. The monoisotopic (exact) mass is 91.0 g/mol. The molecular weight excluding hydrogens is 85.0 g/mol. The van der Waals surface area contributed by atoms with Crippen molar-refractivity contribution in [3.8, 4) is 0 Å². The Balaban J connectivity index is 2.85. The number of rotatable bonds is 1. The zero-order valence-electron chi connectivity index (χ0n) is 2.99. The quantitative estimate of drug-likeness (QED) is 0.465. The van der Waals surface area contributed by atoms with Gasteiger partial charge in [0.25, 0.3) is 0 Å². The number of amides is 1. The molecule has 0 aromatic heterocycles. The van der Waals surface area contributed by atoms with Gasteiger partial charge in [-0.2, -0.15) is 0 Å². The molecule has 2 nitrogen and oxygen atoms in total. The molecule has 0 radical (unpaired) electrons. The van der Waals surface area contributed by atoms with Crippen molar-refractivity contribution in [2.45, 2.75) is 0 Å².